The first-order valence-corrected chi connectivity index (χ1v) is 4.99. The largest absolute Gasteiger partial charge is 0.480 e. The highest BCUT2D eigenvalue weighted by Gasteiger charge is 2.05. The Balaban J connectivity index is 2.74. The van der Waals surface area contributed by atoms with Gasteiger partial charge in [-0.05, 0) is 28.1 Å². The summed E-state index contributed by atoms with van der Waals surface area (Å²) in [4.78, 5) is 19.0. The van der Waals surface area contributed by atoms with Crippen LogP contribution in [0.25, 0.3) is 11.0 Å². The summed E-state index contributed by atoms with van der Waals surface area (Å²) in [5.41, 5.74) is 1.89. The molecule has 0 saturated carbocycles. The number of methoxy groups -OCH3 is 1. The number of aromatic nitrogens is 2. The first-order valence-electron chi connectivity index (χ1n) is 4.20. The number of rotatable bonds is 2. The highest BCUT2D eigenvalue weighted by Crippen LogP contribution is 2.23. The van der Waals surface area contributed by atoms with Crippen LogP contribution >= 0.6 is 15.9 Å². The molecular weight excluding hydrogens is 260 g/mol. The average Bonchev–Trinajstić information content (AvgIpc) is 2.28. The Kier molecular flexibility index (Phi) is 2.64. The van der Waals surface area contributed by atoms with E-state index in [0.717, 1.165) is 10.8 Å². The van der Waals surface area contributed by atoms with Gasteiger partial charge in [0.05, 0.1) is 18.8 Å². The maximum atomic E-state index is 10.7. The van der Waals surface area contributed by atoms with Crippen LogP contribution in [0, 0.1) is 0 Å². The van der Waals surface area contributed by atoms with Crippen molar-refractivity contribution in [1.29, 1.82) is 0 Å². The predicted molar refractivity (Wildman–Crippen MR) is 59.2 cm³/mol. The Bertz CT molecular complexity index is 528. The zero-order valence-electron chi connectivity index (χ0n) is 7.90. The lowest BCUT2D eigenvalue weighted by atomic mass is 10.2. The Morgan fingerprint density at radius 1 is 1.47 bits per heavy atom. The molecule has 0 fully saturated rings. The summed E-state index contributed by atoms with van der Waals surface area (Å²) in [7, 11) is 1.52. The molecule has 2 rings (SSSR count). The van der Waals surface area contributed by atoms with E-state index in [2.05, 4.69) is 25.9 Å². The third-order valence-electron chi connectivity index (χ3n) is 1.95. The second-order valence-corrected chi connectivity index (χ2v) is 3.76. The molecule has 0 unspecified atom stereocenters. The van der Waals surface area contributed by atoms with Gasteiger partial charge in [0, 0.05) is 10.0 Å². The van der Waals surface area contributed by atoms with Crippen molar-refractivity contribution < 1.29 is 9.53 Å². The molecule has 76 valence electrons. The van der Waals surface area contributed by atoms with Crippen LogP contribution in [0.15, 0.2) is 22.8 Å². The summed E-state index contributed by atoms with van der Waals surface area (Å²) in [6.07, 6.45) is 2.30. The van der Waals surface area contributed by atoms with Crippen LogP contribution in [0.4, 0.5) is 0 Å². The highest BCUT2D eigenvalue weighted by molar-refractivity contribution is 9.10. The molecule has 0 spiro atoms. The molecule has 0 radical (unpaired) electrons. The molecule has 5 heteroatoms. The molecule has 1 aromatic carbocycles. The van der Waals surface area contributed by atoms with E-state index in [4.69, 9.17) is 4.74 Å². The molecule has 1 aromatic heterocycles. The van der Waals surface area contributed by atoms with E-state index in [1.165, 1.54) is 13.3 Å². The van der Waals surface area contributed by atoms with Gasteiger partial charge in [0.25, 0.3) is 0 Å². The molecular formula is C10H7BrN2O2. The van der Waals surface area contributed by atoms with Gasteiger partial charge in [0.1, 0.15) is 11.8 Å². The molecule has 0 bridgehead atoms. The minimum atomic E-state index is 0.428. The minimum Gasteiger partial charge on any atom is -0.480 e. The van der Waals surface area contributed by atoms with Crippen LogP contribution in [-0.4, -0.2) is 23.4 Å². The van der Waals surface area contributed by atoms with Gasteiger partial charge in [-0.25, -0.2) is 9.97 Å². The van der Waals surface area contributed by atoms with E-state index in [-0.39, 0.29) is 0 Å². The van der Waals surface area contributed by atoms with Gasteiger partial charge in [0.2, 0.25) is 5.88 Å². The number of hydrogen-bond donors (Lipinski definition) is 0. The van der Waals surface area contributed by atoms with Crippen LogP contribution in [0.5, 0.6) is 5.88 Å². The summed E-state index contributed by atoms with van der Waals surface area (Å²) in [6.45, 7) is 0. The molecule has 0 aliphatic carbocycles. The van der Waals surface area contributed by atoms with Gasteiger partial charge >= 0.3 is 0 Å². The maximum Gasteiger partial charge on any atom is 0.232 e. The molecule has 0 saturated heterocycles. The van der Waals surface area contributed by atoms with Crippen LogP contribution in [0.2, 0.25) is 0 Å². The number of carbonyl (C=O) groups is 1. The zero-order chi connectivity index (χ0) is 10.8. The van der Waals surface area contributed by atoms with Crippen molar-refractivity contribution >= 4 is 33.2 Å². The van der Waals surface area contributed by atoms with Gasteiger partial charge < -0.3 is 4.74 Å². The standard InChI is InChI=1S/C10H7BrN2O2/c1-15-9-4-12-10-7(11)2-6(5-14)3-8(10)13-9/h2-5H,1H3. The monoisotopic (exact) mass is 266 g/mol. The Hall–Kier alpha value is -1.49. The van der Waals surface area contributed by atoms with Crippen molar-refractivity contribution in [3.05, 3.63) is 28.4 Å². The second-order valence-electron chi connectivity index (χ2n) is 2.90. The number of benzene rings is 1. The van der Waals surface area contributed by atoms with Gasteiger partial charge in [0.15, 0.2) is 0 Å². The van der Waals surface area contributed by atoms with E-state index < -0.39 is 0 Å². The highest BCUT2D eigenvalue weighted by atomic mass is 79.9. The number of nitrogens with zero attached hydrogens (tertiary/aromatic N) is 2. The van der Waals surface area contributed by atoms with Crippen LogP contribution in [0.1, 0.15) is 10.4 Å². The molecule has 15 heavy (non-hydrogen) atoms. The van der Waals surface area contributed by atoms with Gasteiger partial charge in [-0.1, -0.05) is 0 Å². The molecule has 0 aliphatic rings. The van der Waals surface area contributed by atoms with E-state index in [9.17, 15) is 4.79 Å². The van der Waals surface area contributed by atoms with Crippen molar-refractivity contribution in [2.24, 2.45) is 0 Å². The van der Waals surface area contributed by atoms with Gasteiger partial charge in [-0.15, -0.1) is 0 Å². The fourth-order valence-corrected chi connectivity index (χ4v) is 1.82. The summed E-state index contributed by atoms with van der Waals surface area (Å²) in [6, 6.07) is 3.37. The fraction of sp³-hybridized carbons (Fsp3) is 0.100. The Morgan fingerprint density at radius 2 is 2.27 bits per heavy atom. The van der Waals surface area contributed by atoms with E-state index in [1.54, 1.807) is 12.1 Å². The Labute approximate surface area is 94.4 Å². The van der Waals surface area contributed by atoms with E-state index >= 15 is 0 Å². The molecule has 4 nitrogen and oxygen atoms in total. The number of aldehydes is 1. The van der Waals surface area contributed by atoms with Crippen LogP contribution in [-0.2, 0) is 0 Å². The normalized spacial score (nSPS) is 10.3. The first-order chi connectivity index (χ1) is 7.24. The minimum absolute atomic E-state index is 0.428. The number of carbonyl (C=O) groups excluding carboxylic acids is 1. The average molecular weight is 267 g/mol. The van der Waals surface area contributed by atoms with Crippen LogP contribution in [0.3, 0.4) is 0 Å². The zero-order valence-corrected chi connectivity index (χ0v) is 9.48. The molecule has 1 heterocycles. The third-order valence-corrected chi connectivity index (χ3v) is 2.55. The van der Waals surface area contributed by atoms with E-state index in [0.29, 0.717) is 22.5 Å². The molecule has 0 atom stereocenters. The fourth-order valence-electron chi connectivity index (χ4n) is 1.25. The van der Waals surface area contributed by atoms with Crippen LogP contribution < -0.4 is 4.74 Å². The third kappa shape index (κ3) is 1.83. The van der Waals surface area contributed by atoms with Gasteiger partial charge in [-0.2, -0.15) is 0 Å². The van der Waals surface area contributed by atoms with E-state index in [1.807, 2.05) is 0 Å². The van der Waals surface area contributed by atoms with Crippen molar-refractivity contribution in [3.8, 4) is 5.88 Å². The molecule has 0 aliphatic heterocycles. The number of halogens is 1. The SMILES string of the molecule is COc1cnc2c(Br)cc(C=O)cc2n1. The van der Waals surface area contributed by atoms with Gasteiger partial charge in [-0.3, -0.25) is 4.79 Å². The van der Waals surface area contributed by atoms with Crippen molar-refractivity contribution in [1.82, 2.24) is 9.97 Å². The lowest BCUT2D eigenvalue weighted by Gasteiger charge is -2.02. The summed E-state index contributed by atoms with van der Waals surface area (Å²) in [5.74, 6) is 0.428. The number of hydrogen-bond acceptors (Lipinski definition) is 4. The lowest BCUT2D eigenvalue weighted by molar-refractivity contribution is 0.112. The quantitative estimate of drug-likeness (QED) is 0.783. The Morgan fingerprint density at radius 3 is 2.93 bits per heavy atom. The topological polar surface area (TPSA) is 52.1 Å². The summed E-state index contributed by atoms with van der Waals surface area (Å²) in [5, 5.41) is 0. The number of ether oxygens (including phenoxy) is 1. The molecule has 2 aromatic rings. The van der Waals surface area contributed by atoms with Crippen molar-refractivity contribution in [2.75, 3.05) is 7.11 Å². The summed E-state index contributed by atoms with van der Waals surface area (Å²) < 4.78 is 5.71. The maximum absolute atomic E-state index is 10.7. The predicted octanol–water partition coefficient (Wildman–Crippen LogP) is 2.21. The smallest absolute Gasteiger partial charge is 0.232 e. The second kappa shape index (κ2) is 3.94. The lowest BCUT2D eigenvalue weighted by Crippen LogP contribution is -1.92. The van der Waals surface area contributed by atoms with Crippen molar-refractivity contribution in [3.63, 3.8) is 0 Å². The molecule has 0 N–H and O–H groups in total. The molecule has 0 amide bonds. The number of fused-ring (bicyclic) bond motifs is 1. The summed E-state index contributed by atoms with van der Waals surface area (Å²) >= 11 is 3.33. The van der Waals surface area contributed by atoms with Crippen molar-refractivity contribution in [2.45, 2.75) is 0 Å². The first kappa shape index (κ1) is 10.0.